The zero-order valence-electron chi connectivity index (χ0n) is 9.43. The molecule has 1 aromatic rings. The third kappa shape index (κ3) is 1.72. The summed E-state index contributed by atoms with van der Waals surface area (Å²) in [5.74, 6) is 0.599. The average molecular weight is 218 g/mol. The van der Waals surface area contributed by atoms with Crippen LogP contribution in [0.3, 0.4) is 0 Å². The minimum atomic E-state index is -0.324. The molecule has 5 heteroatoms. The monoisotopic (exact) mass is 218 g/mol. The number of rotatable bonds is 1. The lowest BCUT2D eigenvalue weighted by atomic mass is 10.1. The number of β-amino-alcohol motifs (C(OH)–C–C–N with tert-alkyl or cyclic N) is 1. The minimum absolute atomic E-state index is 0.324. The van der Waals surface area contributed by atoms with Gasteiger partial charge in [0.1, 0.15) is 11.6 Å². The fourth-order valence-electron chi connectivity index (χ4n) is 1.89. The van der Waals surface area contributed by atoms with E-state index >= 15 is 0 Å². The van der Waals surface area contributed by atoms with E-state index in [-0.39, 0.29) is 6.10 Å². The molecule has 84 valence electrons. The predicted molar refractivity (Wildman–Crippen MR) is 59.1 cm³/mol. The summed E-state index contributed by atoms with van der Waals surface area (Å²) in [4.78, 5) is 1.92. The standard InChI is InChI=1S/C11H14N4O/c1-7-8(2)13-14-11(10(7)5-12)15-4-3-9(16)6-15/h9,16H,3-4,6H2,1-2H3/t9-/m1/s1. The average Bonchev–Trinajstić information content (AvgIpc) is 2.68. The van der Waals surface area contributed by atoms with Crippen molar-refractivity contribution >= 4 is 5.82 Å². The first-order valence-electron chi connectivity index (χ1n) is 5.30. The summed E-state index contributed by atoms with van der Waals surface area (Å²) in [7, 11) is 0. The van der Waals surface area contributed by atoms with Crippen LogP contribution in [0.15, 0.2) is 0 Å². The van der Waals surface area contributed by atoms with Gasteiger partial charge in [-0.3, -0.25) is 0 Å². The number of aromatic nitrogens is 2. The second kappa shape index (κ2) is 4.06. The van der Waals surface area contributed by atoms with Crippen molar-refractivity contribution in [1.82, 2.24) is 10.2 Å². The maximum Gasteiger partial charge on any atom is 0.169 e. The highest BCUT2D eigenvalue weighted by molar-refractivity contribution is 5.58. The molecule has 1 fully saturated rings. The molecule has 1 atom stereocenters. The first-order valence-corrected chi connectivity index (χ1v) is 5.30. The molecule has 16 heavy (non-hydrogen) atoms. The van der Waals surface area contributed by atoms with E-state index in [9.17, 15) is 5.11 Å². The lowest BCUT2D eigenvalue weighted by molar-refractivity contribution is 0.198. The molecule has 1 saturated heterocycles. The second-order valence-corrected chi connectivity index (χ2v) is 4.11. The highest BCUT2D eigenvalue weighted by Crippen LogP contribution is 2.24. The zero-order chi connectivity index (χ0) is 11.7. The quantitative estimate of drug-likeness (QED) is 0.744. The van der Waals surface area contributed by atoms with Crippen LogP contribution in [0.25, 0.3) is 0 Å². The molecule has 0 saturated carbocycles. The van der Waals surface area contributed by atoms with Crippen LogP contribution in [0.5, 0.6) is 0 Å². The molecule has 0 amide bonds. The van der Waals surface area contributed by atoms with Crippen molar-refractivity contribution in [2.24, 2.45) is 0 Å². The Balaban J connectivity index is 2.42. The van der Waals surface area contributed by atoms with Crippen LogP contribution in [0.4, 0.5) is 5.82 Å². The Morgan fingerprint density at radius 3 is 2.75 bits per heavy atom. The summed E-state index contributed by atoms with van der Waals surface area (Å²) < 4.78 is 0. The van der Waals surface area contributed by atoms with Gasteiger partial charge in [-0.2, -0.15) is 10.4 Å². The maximum atomic E-state index is 9.48. The summed E-state index contributed by atoms with van der Waals surface area (Å²) >= 11 is 0. The Hall–Kier alpha value is -1.67. The Morgan fingerprint density at radius 2 is 2.19 bits per heavy atom. The van der Waals surface area contributed by atoms with Crippen molar-refractivity contribution in [3.8, 4) is 6.07 Å². The third-order valence-electron chi connectivity index (χ3n) is 3.01. The topological polar surface area (TPSA) is 73.0 Å². The molecule has 0 bridgehead atoms. The maximum absolute atomic E-state index is 9.48. The first-order chi connectivity index (χ1) is 7.63. The fraction of sp³-hybridized carbons (Fsp3) is 0.545. The van der Waals surface area contributed by atoms with E-state index in [0.29, 0.717) is 17.9 Å². The van der Waals surface area contributed by atoms with E-state index in [0.717, 1.165) is 24.2 Å². The van der Waals surface area contributed by atoms with Crippen LogP contribution in [0, 0.1) is 25.2 Å². The Morgan fingerprint density at radius 1 is 1.44 bits per heavy atom. The van der Waals surface area contributed by atoms with Gasteiger partial charge in [0.25, 0.3) is 0 Å². The molecule has 0 aromatic carbocycles. The van der Waals surface area contributed by atoms with Crippen molar-refractivity contribution in [3.63, 3.8) is 0 Å². The zero-order valence-corrected chi connectivity index (χ0v) is 9.43. The van der Waals surface area contributed by atoms with Crippen LogP contribution < -0.4 is 4.90 Å². The highest BCUT2D eigenvalue weighted by atomic mass is 16.3. The molecule has 1 N–H and O–H groups in total. The van der Waals surface area contributed by atoms with E-state index in [1.54, 1.807) is 0 Å². The van der Waals surface area contributed by atoms with Crippen LogP contribution in [-0.2, 0) is 0 Å². The van der Waals surface area contributed by atoms with Crippen molar-refractivity contribution in [1.29, 1.82) is 5.26 Å². The van der Waals surface area contributed by atoms with Crippen molar-refractivity contribution in [2.45, 2.75) is 26.4 Å². The smallest absolute Gasteiger partial charge is 0.169 e. The van der Waals surface area contributed by atoms with Crippen molar-refractivity contribution in [2.75, 3.05) is 18.0 Å². The van der Waals surface area contributed by atoms with Gasteiger partial charge >= 0.3 is 0 Å². The van der Waals surface area contributed by atoms with E-state index in [2.05, 4.69) is 16.3 Å². The normalized spacial score (nSPS) is 19.9. The summed E-state index contributed by atoms with van der Waals surface area (Å²) in [5, 5.41) is 26.7. The van der Waals surface area contributed by atoms with E-state index < -0.39 is 0 Å². The molecule has 1 aromatic heterocycles. The van der Waals surface area contributed by atoms with E-state index in [1.807, 2.05) is 18.7 Å². The molecule has 0 aliphatic carbocycles. The first kappa shape index (κ1) is 10.8. The molecule has 2 heterocycles. The van der Waals surface area contributed by atoms with Gasteiger partial charge < -0.3 is 10.0 Å². The van der Waals surface area contributed by atoms with Crippen LogP contribution in [0.1, 0.15) is 23.2 Å². The largest absolute Gasteiger partial charge is 0.391 e. The van der Waals surface area contributed by atoms with Crippen LogP contribution in [0.2, 0.25) is 0 Å². The molecule has 0 radical (unpaired) electrons. The number of anilines is 1. The number of aliphatic hydroxyl groups excluding tert-OH is 1. The number of hydrogen-bond donors (Lipinski definition) is 1. The number of hydrogen-bond acceptors (Lipinski definition) is 5. The lowest BCUT2D eigenvalue weighted by Crippen LogP contribution is -2.24. The van der Waals surface area contributed by atoms with Gasteiger partial charge in [0.2, 0.25) is 0 Å². The van der Waals surface area contributed by atoms with Gasteiger partial charge in [0.05, 0.1) is 11.8 Å². The molecule has 5 nitrogen and oxygen atoms in total. The Bertz CT molecular complexity index is 452. The van der Waals surface area contributed by atoms with Crippen LogP contribution in [-0.4, -0.2) is 34.5 Å². The van der Waals surface area contributed by atoms with Gasteiger partial charge in [-0.25, -0.2) is 0 Å². The van der Waals surface area contributed by atoms with Crippen LogP contribution >= 0.6 is 0 Å². The summed E-state index contributed by atoms with van der Waals surface area (Å²) in [6, 6.07) is 2.17. The van der Waals surface area contributed by atoms with Gasteiger partial charge in [0.15, 0.2) is 5.82 Å². The SMILES string of the molecule is Cc1nnc(N2CC[C@@H](O)C2)c(C#N)c1C. The van der Waals surface area contributed by atoms with Gasteiger partial charge in [0, 0.05) is 13.1 Å². The van der Waals surface area contributed by atoms with Crippen molar-refractivity contribution < 1.29 is 5.11 Å². The van der Waals surface area contributed by atoms with E-state index in [4.69, 9.17) is 5.26 Å². The number of nitrogens with zero attached hydrogens (tertiary/aromatic N) is 4. The summed E-state index contributed by atoms with van der Waals surface area (Å²) in [5.41, 5.74) is 2.22. The molecular weight excluding hydrogens is 204 g/mol. The Kier molecular flexibility index (Phi) is 2.75. The second-order valence-electron chi connectivity index (χ2n) is 4.11. The molecule has 2 rings (SSSR count). The van der Waals surface area contributed by atoms with Gasteiger partial charge in [-0.05, 0) is 25.8 Å². The molecule has 1 aliphatic rings. The summed E-state index contributed by atoms with van der Waals surface area (Å²) in [6.07, 6.45) is 0.398. The molecule has 1 aliphatic heterocycles. The third-order valence-corrected chi connectivity index (χ3v) is 3.01. The van der Waals surface area contributed by atoms with Crippen molar-refractivity contribution in [3.05, 3.63) is 16.8 Å². The number of aliphatic hydroxyl groups is 1. The molecular formula is C11H14N4O. The lowest BCUT2D eigenvalue weighted by Gasteiger charge is -2.18. The number of aryl methyl sites for hydroxylation is 1. The fourth-order valence-corrected chi connectivity index (χ4v) is 1.89. The Labute approximate surface area is 94.3 Å². The van der Waals surface area contributed by atoms with Gasteiger partial charge in [-0.1, -0.05) is 0 Å². The highest BCUT2D eigenvalue weighted by Gasteiger charge is 2.25. The predicted octanol–water partition coefficient (Wildman–Crippen LogP) is 0.536. The van der Waals surface area contributed by atoms with E-state index in [1.165, 1.54) is 0 Å². The minimum Gasteiger partial charge on any atom is -0.391 e. The summed E-state index contributed by atoms with van der Waals surface area (Å²) in [6.45, 7) is 4.98. The number of nitriles is 1. The van der Waals surface area contributed by atoms with Gasteiger partial charge in [-0.15, -0.1) is 5.10 Å². The molecule has 0 unspecified atom stereocenters. The molecule has 0 spiro atoms.